The Morgan fingerprint density at radius 1 is 1.06 bits per heavy atom. The van der Waals surface area contributed by atoms with Gasteiger partial charge in [0.25, 0.3) is 0 Å². The summed E-state index contributed by atoms with van der Waals surface area (Å²) < 4.78 is 32.4. The molecule has 1 aromatic heterocycles. The number of sulfonamides is 1. The van der Waals surface area contributed by atoms with Gasteiger partial charge in [-0.1, -0.05) is 37.6 Å². The number of hydrogen-bond donors (Lipinski definition) is 1. The number of H-pyrrole nitrogens is 1. The zero-order valence-corrected chi connectivity index (χ0v) is 18.8. The van der Waals surface area contributed by atoms with Crippen LogP contribution in [0, 0.1) is 0 Å². The third-order valence-electron chi connectivity index (χ3n) is 5.84. The second-order valence-electron chi connectivity index (χ2n) is 7.89. The number of benzene rings is 2. The Kier molecular flexibility index (Phi) is 6.43. The highest BCUT2D eigenvalue weighted by Crippen LogP contribution is 2.24. The number of carbonyl (C=O) groups is 2. The van der Waals surface area contributed by atoms with E-state index in [0.29, 0.717) is 18.7 Å². The number of para-hydroxylation sites is 1. The van der Waals surface area contributed by atoms with E-state index < -0.39 is 22.6 Å². The lowest BCUT2D eigenvalue weighted by Gasteiger charge is -2.25. The molecule has 32 heavy (non-hydrogen) atoms. The minimum atomic E-state index is -3.66. The molecule has 0 spiro atoms. The number of nitrogens with one attached hydrogen (secondary N) is 1. The van der Waals surface area contributed by atoms with E-state index in [0.717, 1.165) is 42.1 Å². The number of fused-ring (bicyclic) bond motifs is 1. The molecular formula is C24H26N2O5S. The van der Waals surface area contributed by atoms with Crippen molar-refractivity contribution in [2.75, 3.05) is 19.7 Å². The van der Waals surface area contributed by atoms with Gasteiger partial charge in [0.2, 0.25) is 15.8 Å². The van der Waals surface area contributed by atoms with E-state index in [1.807, 2.05) is 25.1 Å². The van der Waals surface area contributed by atoms with E-state index in [4.69, 9.17) is 4.74 Å². The molecule has 0 bridgehead atoms. The monoisotopic (exact) mass is 454 g/mol. The number of Topliss-reactive ketones (excluding diaryl/α,β-unsaturated/α-hetero) is 1. The summed E-state index contributed by atoms with van der Waals surface area (Å²) in [7, 11) is -3.66. The molecule has 0 saturated carbocycles. The van der Waals surface area contributed by atoms with Gasteiger partial charge >= 0.3 is 5.97 Å². The molecule has 7 nitrogen and oxygen atoms in total. The lowest BCUT2D eigenvalue weighted by Crippen LogP contribution is -2.35. The molecule has 0 unspecified atom stereocenters. The Morgan fingerprint density at radius 2 is 1.81 bits per heavy atom. The Bertz CT molecular complexity index is 1260. The molecule has 0 radical (unpaired) electrons. The van der Waals surface area contributed by atoms with Gasteiger partial charge in [-0.05, 0) is 43.0 Å². The number of carbonyl (C=O) groups excluding carboxylic acids is 2. The van der Waals surface area contributed by atoms with Gasteiger partial charge < -0.3 is 9.72 Å². The lowest BCUT2D eigenvalue weighted by molar-refractivity contribution is 0.0475. The molecule has 1 N–H and O–H groups in total. The first-order valence-electron chi connectivity index (χ1n) is 10.8. The third kappa shape index (κ3) is 4.33. The van der Waals surface area contributed by atoms with Crippen LogP contribution in [-0.2, 0) is 21.2 Å². The van der Waals surface area contributed by atoms with Crippen molar-refractivity contribution in [3.05, 3.63) is 65.4 Å². The van der Waals surface area contributed by atoms with Crippen molar-refractivity contribution in [2.45, 2.75) is 37.5 Å². The van der Waals surface area contributed by atoms with Gasteiger partial charge in [0.1, 0.15) is 0 Å². The van der Waals surface area contributed by atoms with E-state index in [9.17, 15) is 18.0 Å². The second-order valence-corrected chi connectivity index (χ2v) is 9.83. The number of aromatic amines is 1. The lowest BCUT2D eigenvalue weighted by atomic mass is 10.1. The Morgan fingerprint density at radius 3 is 2.56 bits per heavy atom. The van der Waals surface area contributed by atoms with E-state index in [-0.39, 0.29) is 16.2 Å². The maximum Gasteiger partial charge on any atom is 0.338 e. The molecule has 1 aliphatic heterocycles. The van der Waals surface area contributed by atoms with Crippen LogP contribution < -0.4 is 0 Å². The highest BCUT2D eigenvalue weighted by molar-refractivity contribution is 7.89. The first kappa shape index (κ1) is 22.2. The smallest absolute Gasteiger partial charge is 0.338 e. The first-order chi connectivity index (χ1) is 15.4. The van der Waals surface area contributed by atoms with Crippen LogP contribution in [0.3, 0.4) is 0 Å². The number of aromatic nitrogens is 1. The van der Waals surface area contributed by atoms with Gasteiger partial charge in [0, 0.05) is 35.8 Å². The fourth-order valence-corrected chi connectivity index (χ4v) is 5.64. The summed E-state index contributed by atoms with van der Waals surface area (Å²) in [5.41, 5.74) is 2.57. The number of nitrogens with zero attached hydrogens (tertiary/aromatic N) is 1. The van der Waals surface area contributed by atoms with Crippen molar-refractivity contribution < 1.29 is 22.7 Å². The highest BCUT2D eigenvalue weighted by Gasteiger charge is 2.27. The Labute approximate surface area is 187 Å². The van der Waals surface area contributed by atoms with Gasteiger partial charge in [0.05, 0.1) is 10.5 Å². The number of piperidine rings is 1. The molecular weight excluding hydrogens is 428 g/mol. The van der Waals surface area contributed by atoms with Crippen molar-refractivity contribution in [2.24, 2.45) is 0 Å². The largest absolute Gasteiger partial charge is 0.454 e. The number of aryl methyl sites for hydroxylation is 1. The van der Waals surface area contributed by atoms with Gasteiger partial charge in [-0.2, -0.15) is 4.31 Å². The molecule has 4 rings (SSSR count). The maximum atomic E-state index is 12.9. The van der Waals surface area contributed by atoms with Crippen LogP contribution in [0.1, 0.15) is 52.5 Å². The molecule has 8 heteroatoms. The van der Waals surface area contributed by atoms with Crippen molar-refractivity contribution in [3.8, 4) is 0 Å². The van der Waals surface area contributed by atoms with Gasteiger partial charge in [-0.15, -0.1) is 0 Å². The van der Waals surface area contributed by atoms with Gasteiger partial charge in [-0.3, -0.25) is 4.79 Å². The van der Waals surface area contributed by atoms with E-state index in [1.54, 1.807) is 6.20 Å². The predicted molar refractivity (Wildman–Crippen MR) is 121 cm³/mol. The molecule has 2 heterocycles. The Balaban J connectivity index is 1.47. The Hall–Kier alpha value is -2.97. The maximum absolute atomic E-state index is 12.9. The molecule has 0 aliphatic carbocycles. The van der Waals surface area contributed by atoms with Crippen molar-refractivity contribution in [1.29, 1.82) is 0 Å². The molecule has 1 saturated heterocycles. The van der Waals surface area contributed by atoms with E-state index >= 15 is 0 Å². The van der Waals surface area contributed by atoms with Crippen molar-refractivity contribution in [1.82, 2.24) is 9.29 Å². The van der Waals surface area contributed by atoms with Crippen LogP contribution in [0.4, 0.5) is 0 Å². The topological polar surface area (TPSA) is 96.5 Å². The molecule has 3 aromatic rings. The van der Waals surface area contributed by atoms with E-state index in [1.165, 1.54) is 28.6 Å². The zero-order valence-electron chi connectivity index (χ0n) is 18.0. The van der Waals surface area contributed by atoms with Crippen molar-refractivity contribution in [3.63, 3.8) is 0 Å². The molecule has 1 aliphatic rings. The fourth-order valence-electron chi connectivity index (χ4n) is 4.07. The standard InChI is InChI=1S/C24H26N2O5S/c1-2-17-8-7-11-20-21(15-25-23(17)20)22(27)16-31-24(28)18-9-6-10-19(14-18)32(29,30)26-12-4-3-5-13-26/h6-11,14-15,25H,2-5,12-13,16H2,1H3. The number of esters is 1. The van der Waals surface area contributed by atoms with Crippen LogP contribution in [0.5, 0.6) is 0 Å². The summed E-state index contributed by atoms with van der Waals surface area (Å²) in [5.74, 6) is -1.06. The fraction of sp³-hybridized carbons (Fsp3) is 0.333. The summed E-state index contributed by atoms with van der Waals surface area (Å²) in [4.78, 5) is 28.4. The normalized spacial score (nSPS) is 15.0. The summed E-state index contributed by atoms with van der Waals surface area (Å²) in [5, 5.41) is 0.792. The van der Waals surface area contributed by atoms with Crippen molar-refractivity contribution >= 4 is 32.7 Å². The predicted octanol–water partition coefficient (Wildman–Crippen LogP) is 3.94. The van der Waals surface area contributed by atoms with Gasteiger partial charge in [-0.25, -0.2) is 13.2 Å². The summed E-state index contributed by atoms with van der Waals surface area (Å²) in [6.45, 7) is 2.58. The third-order valence-corrected chi connectivity index (χ3v) is 7.73. The van der Waals surface area contributed by atoms with E-state index in [2.05, 4.69) is 4.98 Å². The number of ether oxygens (including phenoxy) is 1. The van der Waals surface area contributed by atoms with Crippen LogP contribution >= 0.6 is 0 Å². The zero-order chi connectivity index (χ0) is 22.7. The quantitative estimate of drug-likeness (QED) is 0.431. The average molecular weight is 455 g/mol. The number of rotatable bonds is 7. The van der Waals surface area contributed by atoms with Gasteiger partial charge in [0.15, 0.2) is 6.61 Å². The average Bonchev–Trinajstić information content (AvgIpc) is 3.27. The first-order valence-corrected chi connectivity index (χ1v) is 12.3. The number of ketones is 1. The molecule has 2 aromatic carbocycles. The van der Waals surface area contributed by atoms with Crippen LogP contribution in [0.15, 0.2) is 53.6 Å². The highest BCUT2D eigenvalue weighted by atomic mass is 32.2. The second kappa shape index (κ2) is 9.26. The molecule has 0 amide bonds. The summed E-state index contributed by atoms with van der Waals surface area (Å²) >= 11 is 0. The van der Waals surface area contributed by atoms with Crippen LogP contribution in [-0.4, -0.2) is 49.2 Å². The van der Waals surface area contributed by atoms with Crippen LogP contribution in [0.25, 0.3) is 10.9 Å². The summed E-state index contributed by atoms with van der Waals surface area (Å²) in [6, 6.07) is 11.5. The molecule has 168 valence electrons. The van der Waals surface area contributed by atoms with Crippen LogP contribution in [0.2, 0.25) is 0 Å². The molecule has 1 fully saturated rings. The minimum absolute atomic E-state index is 0.0592. The SMILES string of the molecule is CCc1cccc2c(C(=O)COC(=O)c3cccc(S(=O)(=O)N4CCCCC4)c3)c[nH]c12. The number of hydrogen-bond acceptors (Lipinski definition) is 5. The molecule has 0 atom stereocenters. The minimum Gasteiger partial charge on any atom is -0.454 e. The summed E-state index contributed by atoms with van der Waals surface area (Å²) in [6.07, 6.45) is 5.14.